The van der Waals surface area contributed by atoms with Crippen LogP contribution in [0.2, 0.25) is 0 Å². The molecule has 122 valence electrons. The van der Waals surface area contributed by atoms with Crippen molar-refractivity contribution in [3.63, 3.8) is 0 Å². The molecule has 2 atom stereocenters. The molecule has 0 bridgehead atoms. The van der Waals surface area contributed by atoms with Gasteiger partial charge in [0.15, 0.2) is 11.5 Å². The second-order valence-electron chi connectivity index (χ2n) is 5.85. The number of hydrogen-bond donors (Lipinski definition) is 2. The second-order valence-corrected chi connectivity index (χ2v) is 5.85. The summed E-state index contributed by atoms with van der Waals surface area (Å²) >= 11 is 0. The van der Waals surface area contributed by atoms with Crippen LogP contribution in [-0.2, 0) is 11.2 Å². The summed E-state index contributed by atoms with van der Waals surface area (Å²) in [5, 5.41) is 6.44. The molecule has 2 N–H and O–H groups in total. The molecule has 1 aliphatic rings. The van der Waals surface area contributed by atoms with Crippen molar-refractivity contribution in [1.82, 2.24) is 10.6 Å². The van der Waals surface area contributed by atoms with Gasteiger partial charge in [0.2, 0.25) is 5.91 Å². The molecule has 0 radical (unpaired) electrons. The third kappa shape index (κ3) is 4.37. The maximum atomic E-state index is 12.3. The number of nitrogens with one attached hydrogen (secondary N) is 2. The molecule has 0 spiro atoms. The number of methoxy groups -OCH3 is 2. The third-order valence-electron chi connectivity index (χ3n) is 4.08. The van der Waals surface area contributed by atoms with Crippen LogP contribution < -0.4 is 20.1 Å². The minimum Gasteiger partial charge on any atom is -0.493 e. The van der Waals surface area contributed by atoms with Crippen molar-refractivity contribution in [2.24, 2.45) is 5.92 Å². The van der Waals surface area contributed by atoms with Gasteiger partial charge in [-0.25, -0.2) is 0 Å². The van der Waals surface area contributed by atoms with Crippen LogP contribution >= 0.6 is 0 Å². The zero-order chi connectivity index (χ0) is 15.9. The second kappa shape index (κ2) is 8.03. The zero-order valence-corrected chi connectivity index (χ0v) is 13.6. The van der Waals surface area contributed by atoms with Crippen LogP contribution in [0.1, 0.15) is 25.3 Å². The highest BCUT2D eigenvalue weighted by Gasteiger charge is 2.20. The van der Waals surface area contributed by atoms with Crippen LogP contribution in [0.4, 0.5) is 0 Å². The summed E-state index contributed by atoms with van der Waals surface area (Å²) in [5.41, 5.74) is 1.07. The summed E-state index contributed by atoms with van der Waals surface area (Å²) in [6.45, 7) is 3.88. The van der Waals surface area contributed by atoms with Crippen molar-refractivity contribution in [3.8, 4) is 11.5 Å². The summed E-state index contributed by atoms with van der Waals surface area (Å²) in [7, 11) is 3.24. The van der Waals surface area contributed by atoms with Crippen molar-refractivity contribution in [1.29, 1.82) is 0 Å². The minimum absolute atomic E-state index is 0.0694. The Hall–Kier alpha value is -1.75. The lowest BCUT2D eigenvalue weighted by Crippen LogP contribution is -2.47. The highest BCUT2D eigenvalue weighted by molar-refractivity contribution is 5.79. The Balaban J connectivity index is 1.92. The SMILES string of the molecule is COc1ccc(CC(C)C(=O)NC2CCCNC2)cc1OC. The van der Waals surface area contributed by atoms with Gasteiger partial charge in [-0.3, -0.25) is 4.79 Å². The van der Waals surface area contributed by atoms with Crippen molar-refractivity contribution >= 4 is 5.91 Å². The van der Waals surface area contributed by atoms with Gasteiger partial charge in [0.1, 0.15) is 0 Å². The van der Waals surface area contributed by atoms with Crippen LogP contribution in [0.3, 0.4) is 0 Å². The highest BCUT2D eigenvalue weighted by atomic mass is 16.5. The largest absolute Gasteiger partial charge is 0.493 e. The van der Waals surface area contributed by atoms with Crippen LogP contribution in [0.5, 0.6) is 11.5 Å². The van der Waals surface area contributed by atoms with E-state index in [-0.39, 0.29) is 17.9 Å². The van der Waals surface area contributed by atoms with Gasteiger partial charge >= 0.3 is 0 Å². The number of rotatable bonds is 6. The molecule has 2 unspecified atom stereocenters. The monoisotopic (exact) mass is 306 g/mol. The zero-order valence-electron chi connectivity index (χ0n) is 13.6. The first-order valence-corrected chi connectivity index (χ1v) is 7.86. The fourth-order valence-electron chi connectivity index (χ4n) is 2.77. The topological polar surface area (TPSA) is 59.6 Å². The Morgan fingerprint density at radius 2 is 2.14 bits per heavy atom. The third-order valence-corrected chi connectivity index (χ3v) is 4.08. The number of amides is 1. The molecule has 1 saturated heterocycles. The summed E-state index contributed by atoms with van der Waals surface area (Å²) < 4.78 is 10.5. The van der Waals surface area contributed by atoms with Gasteiger partial charge in [0, 0.05) is 18.5 Å². The summed E-state index contributed by atoms with van der Waals surface area (Å²) in [5.74, 6) is 1.45. The summed E-state index contributed by atoms with van der Waals surface area (Å²) in [4.78, 5) is 12.3. The van der Waals surface area contributed by atoms with Gasteiger partial charge in [0.05, 0.1) is 14.2 Å². The van der Waals surface area contributed by atoms with Gasteiger partial charge in [0.25, 0.3) is 0 Å². The van der Waals surface area contributed by atoms with E-state index in [0.717, 1.165) is 31.5 Å². The Morgan fingerprint density at radius 3 is 2.77 bits per heavy atom. The molecule has 1 fully saturated rings. The molecule has 5 nitrogen and oxygen atoms in total. The predicted molar refractivity (Wildman–Crippen MR) is 86.4 cm³/mol. The molecule has 2 rings (SSSR count). The molecular weight excluding hydrogens is 280 g/mol. The highest BCUT2D eigenvalue weighted by Crippen LogP contribution is 2.28. The fourth-order valence-corrected chi connectivity index (χ4v) is 2.77. The van der Waals surface area contributed by atoms with Crippen LogP contribution in [0.25, 0.3) is 0 Å². The van der Waals surface area contributed by atoms with E-state index in [2.05, 4.69) is 10.6 Å². The molecule has 5 heteroatoms. The number of hydrogen-bond acceptors (Lipinski definition) is 4. The van der Waals surface area contributed by atoms with Crippen LogP contribution in [-0.4, -0.2) is 39.3 Å². The molecule has 1 amide bonds. The predicted octanol–water partition coefficient (Wildman–Crippen LogP) is 1.75. The van der Waals surface area contributed by atoms with Crippen molar-refractivity contribution < 1.29 is 14.3 Å². The van der Waals surface area contributed by atoms with E-state index in [1.807, 2.05) is 25.1 Å². The minimum atomic E-state index is -0.0694. The summed E-state index contributed by atoms with van der Waals surface area (Å²) in [6.07, 6.45) is 2.86. The van der Waals surface area contributed by atoms with Gasteiger partial charge in [-0.2, -0.15) is 0 Å². The van der Waals surface area contributed by atoms with Crippen molar-refractivity contribution in [2.45, 2.75) is 32.2 Å². The van der Waals surface area contributed by atoms with Gasteiger partial charge in [-0.1, -0.05) is 13.0 Å². The number of carbonyl (C=O) groups excluding carboxylic acids is 1. The lowest BCUT2D eigenvalue weighted by atomic mass is 9.99. The first kappa shape index (κ1) is 16.6. The molecule has 1 heterocycles. The molecule has 1 aliphatic heterocycles. The van der Waals surface area contributed by atoms with E-state index in [1.54, 1.807) is 14.2 Å². The van der Waals surface area contributed by atoms with Crippen LogP contribution in [0, 0.1) is 5.92 Å². The number of benzene rings is 1. The molecule has 1 aromatic rings. The lowest BCUT2D eigenvalue weighted by molar-refractivity contribution is -0.125. The Morgan fingerprint density at radius 1 is 1.36 bits per heavy atom. The fraction of sp³-hybridized carbons (Fsp3) is 0.588. The quantitative estimate of drug-likeness (QED) is 0.840. The van der Waals surface area contributed by atoms with E-state index in [4.69, 9.17) is 9.47 Å². The van der Waals surface area contributed by atoms with E-state index in [9.17, 15) is 4.79 Å². The Labute approximate surface area is 132 Å². The van der Waals surface area contributed by atoms with Gasteiger partial charge in [-0.05, 0) is 43.5 Å². The maximum absolute atomic E-state index is 12.3. The average Bonchev–Trinajstić information content (AvgIpc) is 2.55. The van der Waals surface area contributed by atoms with E-state index in [1.165, 1.54) is 0 Å². The normalized spacial score (nSPS) is 19.3. The molecule has 0 aromatic heterocycles. The molecule has 1 aromatic carbocycles. The lowest BCUT2D eigenvalue weighted by Gasteiger charge is -2.25. The first-order valence-electron chi connectivity index (χ1n) is 7.86. The van der Waals surface area contributed by atoms with Gasteiger partial charge < -0.3 is 20.1 Å². The Kier molecular flexibility index (Phi) is 6.07. The van der Waals surface area contributed by atoms with Crippen molar-refractivity contribution in [3.05, 3.63) is 23.8 Å². The molecule has 22 heavy (non-hydrogen) atoms. The van der Waals surface area contributed by atoms with E-state index < -0.39 is 0 Å². The van der Waals surface area contributed by atoms with E-state index in [0.29, 0.717) is 17.9 Å². The Bertz CT molecular complexity index is 499. The van der Waals surface area contributed by atoms with Gasteiger partial charge in [-0.15, -0.1) is 0 Å². The molecule has 0 saturated carbocycles. The van der Waals surface area contributed by atoms with Crippen LogP contribution in [0.15, 0.2) is 18.2 Å². The number of ether oxygens (including phenoxy) is 2. The number of carbonyl (C=O) groups is 1. The average molecular weight is 306 g/mol. The van der Waals surface area contributed by atoms with Crippen molar-refractivity contribution in [2.75, 3.05) is 27.3 Å². The number of piperidine rings is 1. The first-order chi connectivity index (χ1) is 10.6. The molecular formula is C17H26N2O3. The maximum Gasteiger partial charge on any atom is 0.223 e. The molecule has 0 aliphatic carbocycles. The smallest absolute Gasteiger partial charge is 0.223 e. The standard InChI is InChI=1S/C17H26N2O3/c1-12(17(20)19-14-5-4-8-18-11-14)9-13-6-7-15(21-2)16(10-13)22-3/h6-7,10,12,14,18H,4-5,8-9,11H2,1-3H3,(H,19,20). The summed E-state index contributed by atoms with van der Waals surface area (Å²) in [6, 6.07) is 6.05. The van der Waals surface area contributed by atoms with E-state index >= 15 is 0 Å².